The van der Waals surface area contributed by atoms with Crippen LogP contribution in [-0.2, 0) is 24.9 Å². The fourth-order valence-corrected chi connectivity index (χ4v) is 4.27. The molecule has 3 rings (SSSR count). The Labute approximate surface area is 205 Å². The lowest BCUT2D eigenvalue weighted by atomic mass is 9.85. The van der Waals surface area contributed by atoms with Crippen LogP contribution < -0.4 is 16.0 Å². The van der Waals surface area contributed by atoms with E-state index in [0.29, 0.717) is 13.1 Å². The van der Waals surface area contributed by atoms with Crippen LogP contribution in [0, 0.1) is 12.8 Å². The molecule has 2 aromatic heterocycles. The molecule has 10 heteroatoms. The first kappa shape index (κ1) is 25.6. The van der Waals surface area contributed by atoms with E-state index in [0.717, 1.165) is 43.3 Å². The number of aliphatic imine (C=N–C) groups is 1. The highest BCUT2D eigenvalue weighted by Gasteiger charge is 2.28. The van der Waals surface area contributed by atoms with Crippen molar-refractivity contribution in [2.45, 2.75) is 71.6 Å². The first-order valence-electron chi connectivity index (χ1n) is 10.6. The standard InChI is InChI=1S/C21H33N7OS.HI/c1-14(2)24-20(29)16-7-5-8-17(11-16)25-21(22-12-18-9-6-10-30-18)23-13-19-27-26-15(3)28(19)4;/h6,9-10,14,16-17H,5,7-8,11-13H2,1-4H3,(H,24,29)(H2,22,23,25);1H. The lowest BCUT2D eigenvalue weighted by Gasteiger charge is -2.30. The number of amides is 1. The molecule has 1 amide bonds. The van der Waals surface area contributed by atoms with E-state index in [1.165, 1.54) is 4.88 Å². The summed E-state index contributed by atoms with van der Waals surface area (Å²) in [5, 5.41) is 20.4. The Morgan fingerprint density at radius 1 is 1.35 bits per heavy atom. The minimum Gasteiger partial charge on any atom is -0.354 e. The monoisotopic (exact) mass is 559 g/mol. The molecule has 31 heavy (non-hydrogen) atoms. The van der Waals surface area contributed by atoms with Crippen molar-refractivity contribution in [1.29, 1.82) is 0 Å². The number of rotatable bonds is 7. The highest BCUT2D eigenvalue weighted by atomic mass is 127. The average Bonchev–Trinajstić information content (AvgIpc) is 3.34. The molecular formula is C21H34IN7OS. The van der Waals surface area contributed by atoms with Crippen molar-refractivity contribution in [2.24, 2.45) is 18.0 Å². The van der Waals surface area contributed by atoms with Crippen molar-refractivity contribution >= 4 is 47.2 Å². The number of aryl methyl sites for hydroxylation is 1. The smallest absolute Gasteiger partial charge is 0.223 e. The molecule has 0 bridgehead atoms. The number of hydrogen-bond donors (Lipinski definition) is 3. The Bertz CT molecular complexity index is 850. The van der Waals surface area contributed by atoms with Crippen LogP contribution in [0.2, 0.25) is 0 Å². The Kier molecular flexibility index (Phi) is 10.2. The van der Waals surface area contributed by atoms with Gasteiger partial charge in [-0.05, 0) is 51.5 Å². The summed E-state index contributed by atoms with van der Waals surface area (Å²) in [7, 11) is 1.95. The van der Waals surface area contributed by atoms with E-state index in [1.807, 2.05) is 38.5 Å². The van der Waals surface area contributed by atoms with E-state index in [4.69, 9.17) is 4.99 Å². The van der Waals surface area contributed by atoms with Crippen LogP contribution >= 0.6 is 35.3 Å². The topological polar surface area (TPSA) is 96.2 Å². The van der Waals surface area contributed by atoms with Gasteiger partial charge in [-0.2, -0.15) is 0 Å². The second-order valence-electron chi connectivity index (χ2n) is 8.19. The van der Waals surface area contributed by atoms with Gasteiger partial charge in [-0.1, -0.05) is 12.5 Å². The summed E-state index contributed by atoms with van der Waals surface area (Å²) in [5.74, 6) is 2.66. The summed E-state index contributed by atoms with van der Waals surface area (Å²) in [6.07, 6.45) is 3.84. The van der Waals surface area contributed by atoms with Crippen LogP contribution in [-0.4, -0.2) is 38.7 Å². The quantitative estimate of drug-likeness (QED) is 0.275. The van der Waals surface area contributed by atoms with Gasteiger partial charge in [-0.15, -0.1) is 45.5 Å². The van der Waals surface area contributed by atoms with Crippen molar-refractivity contribution in [3.63, 3.8) is 0 Å². The van der Waals surface area contributed by atoms with Gasteiger partial charge in [-0.25, -0.2) is 4.99 Å². The zero-order valence-electron chi connectivity index (χ0n) is 18.7. The minimum absolute atomic E-state index is 0. The second kappa shape index (κ2) is 12.4. The molecule has 172 valence electrons. The molecular weight excluding hydrogens is 525 g/mol. The Morgan fingerprint density at radius 2 is 2.16 bits per heavy atom. The molecule has 8 nitrogen and oxygen atoms in total. The number of guanidine groups is 1. The van der Waals surface area contributed by atoms with Gasteiger partial charge in [0.25, 0.3) is 0 Å². The summed E-state index contributed by atoms with van der Waals surface area (Å²) in [5.41, 5.74) is 0. The van der Waals surface area contributed by atoms with E-state index < -0.39 is 0 Å². The highest BCUT2D eigenvalue weighted by molar-refractivity contribution is 14.0. The summed E-state index contributed by atoms with van der Waals surface area (Å²) < 4.78 is 1.95. The number of aromatic nitrogens is 3. The summed E-state index contributed by atoms with van der Waals surface area (Å²) in [4.78, 5) is 18.5. The largest absolute Gasteiger partial charge is 0.354 e. The van der Waals surface area contributed by atoms with Crippen LogP contribution in [0.4, 0.5) is 0 Å². The zero-order valence-corrected chi connectivity index (χ0v) is 21.9. The predicted octanol–water partition coefficient (Wildman–Crippen LogP) is 3.12. The molecule has 2 unspecified atom stereocenters. The lowest BCUT2D eigenvalue weighted by Crippen LogP contribution is -2.47. The number of nitrogens with one attached hydrogen (secondary N) is 3. The molecule has 0 aliphatic heterocycles. The predicted molar refractivity (Wildman–Crippen MR) is 136 cm³/mol. The Morgan fingerprint density at radius 3 is 2.81 bits per heavy atom. The highest BCUT2D eigenvalue weighted by Crippen LogP contribution is 2.24. The molecule has 1 saturated carbocycles. The SMILES string of the molecule is Cc1nnc(CN=C(NCc2cccs2)NC2CCCC(C(=O)NC(C)C)C2)n1C.I. The number of nitrogens with zero attached hydrogens (tertiary/aromatic N) is 4. The first-order valence-corrected chi connectivity index (χ1v) is 11.5. The van der Waals surface area contributed by atoms with Gasteiger partial charge in [0.1, 0.15) is 12.4 Å². The molecule has 0 aromatic carbocycles. The van der Waals surface area contributed by atoms with E-state index in [9.17, 15) is 4.79 Å². The molecule has 1 aliphatic carbocycles. The van der Waals surface area contributed by atoms with Crippen molar-refractivity contribution in [1.82, 2.24) is 30.7 Å². The maximum atomic E-state index is 12.5. The first-order chi connectivity index (χ1) is 14.4. The minimum atomic E-state index is 0. The maximum absolute atomic E-state index is 12.5. The molecule has 0 saturated heterocycles. The van der Waals surface area contributed by atoms with Crippen LogP contribution in [0.3, 0.4) is 0 Å². The number of carbonyl (C=O) groups is 1. The van der Waals surface area contributed by atoms with E-state index in [1.54, 1.807) is 11.3 Å². The average molecular weight is 560 g/mol. The Hall–Kier alpha value is -1.69. The van der Waals surface area contributed by atoms with E-state index in [2.05, 4.69) is 37.6 Å². The molecule has 1 fully saturated rings. The Balaban J connectivity index is 0.00000341. The fraction of sp³-hybridized carbons (Fsp3) is 0.619. The number of halogens is 1. The van der Waals surface area contributed by atoms with Crippen molar-refractivity contribution < 1.29 is 4.79 Å². The van der Waals surface area contributed by atoms with Crippen LogP contribution in [0.15, 0.2) is 22.5 Å². The molecule has 1 aliphatic rings. The number of carbonyl (C=O) groups excluding carboxylic acids is 1. The van der Waals surface area contributed by atoms with E-state index >= 15 is 0 Å². The van der Waals surface area contributed by atoms with Crippen LogP contribution in [0.1, 0.15) is 56.1 Å². The summed E-state index contributed by atoms with van der Waals surface area (Å²) in [6, 6.07) is 4.55. The van der Waals surface area contributed by atoms with Crippen molar-refractivity contribution in [3.8, 4) is 0 Å². The van der Waals surface area contributed by atoms with Crippen LogP contribution in [0.25, 0.3) is 0 Å². The molecule has 2 heterocycles. The molecule has 3 N–H and O–H groups in total. The number of thiophene rings is 1. The van der Waals surface area contributed by atoms with Gasteiger partial charge in [0, 0.05) is 29.9 Å². The third-order valence-corrected chi connectivity index (χ3v) is 6.26. The van der Waals surface area contributed by atoms with Gasteiger partial charge < -0.3 is 20.5 Å². The maximum Gasteiger partial charge on any atom is 0.223 e. The third-order valence-electron chi connectivity index (χ3n) is 5.39. The molecule has 2 aromatic rings. The molecule has 0 spiro atoms. The second-order valence-corrected chi connectivity index (χ2v) is 9.22. The van der Waals surface area contributed by atoms with Crippen molar-refractivity contribution in [3.05, 3.63) is 34.0 Å². The summed E-state index contributed by atoms with van der Waals surface area (Å²) >= 11 is 1.72. The van der Waals surface area contributed by atoms with Crippen LogP contribution in [0.5, 0.6) is 0 Å². The lowest BCUT2D eigenvalue weighted by molar-refractivity contribution is -0.126. The van der Waals surface area contributed by atoms with Gasteiger partial charge in [0.05, 0.1) is 6.54 Å². The third kappa shape index (κ3) is 7.74. The van der Waals surface area contributed by atoms with Gasteiger partial charge in [0.15, 0.2) is 11.8 Å². The number of hydrogen-bond acceptors (Lipinski definition) is 5. The zero-order chi connectivity index (χ0) is 21.5. The van der Waals surface area contributed by atoms with Gasteiger partial charge in [-0.3, -0.25) is 4.79 Å². The molecule has 2 atom stereocenters. The van der Waals surface area contributed by atoms with E-state index in [-0.39, 0.29) is 47.9 Å². The molecule has 0 radical (unpaired) electrons. The van der Waals surface area contributed by atoms with Crippen molar-refractivity contribution in [2.75, 3.05) is 0 Å². The van der Waals surface area contributed by atoms with Gasteiger partial charge in [0.2, 0.25) is 5.91 Å². The summed E-state index contributed by atoms with van der Waals surface area (Å²) in [6.45, 7) is 7.10. The fourth-order valence-electron chi connectivity index (χ4n) is 3.63. The normalized spacial score (nSPS) is 19.1. The van der Waals surface area contributed by atoms with Gasteiger partial charge >= 0.3 is 0 Å².